The zero-order valence-electron chi connectivity index (χ0n) is 29.6. The number of benzene rings is 2. The number of Topliss-reactive ketones (excluding diaryl/α,β-unsaturated/α-hetero) is 1. The zero-order valence-corrected chi connectivity index (χ0v) is 31.4. The second kappa shape index (κ2) is 16.4. The van der Waals surface area contributed by atoms with Gasteiger partial charge in [0.1, 0.15) is 17.7 Å². The fraction of sp³-hybridized carbons (Fsp3) is 0.500. The molecule has 1 amide bonds. The smallest absolute Gasteiger partial charge is 0.476 e. The minimum atomic E-state index is -5.06. The fourth-order valence-electron chi connectivity index (χ4n) is 7.88. The van der Waals surface area contributed by atoms with E-state index in [0.29, 0.717) is 32.7 Å². The van der Waals surface area contributed by atoms with Crippen molar-refractivity contribution in [2.75, 3.05) is 46.1 Å². The summed E-state index contributed by atoms with van der Waals surface area (Å²) >= 11 is 0. The van der Waals surface area contributed by atoms with Crippen LogP contribution in [0.5, 0.6) is 0 Å². The molecule has 1 aromatic heterocycles. The number of ether oxygens (including phenoxy) is 1. The molecular weight excluding hydrogens is 713 g/mol. The normalized spacial score (nSPS) is 23.1. The Hall–Kier alpha value is -3.33. The minimum absolute atomic E-state index is 0.0282. The maximum Gasteiger partial charge on any atom is 0.476 e. The summed E-state index contributed by atoms with van der Waals surface area (Å²) in [5.41, 5.74) is 0.971. The predicted molar refractivity (Wildman–Crippen MR) is 193 cm³/mol. The van der Waals surface area contributed by atoms with Gasteiger partial charge in [-0.3, -0.25) is 28.5 Å². The summed E-state index contributed by atoms with van der Waals surface area (Å²) in [5.74, 6) is -2.01. The summed E-state index contributed by atoms with van der Waals surface area (Å²) in [6.45, 7) is 4.51. The van der Waals surface area contributed by atoms with Crippen LogP contribution in [0, 0.1) is 5.92 Å². The second-order valence-corrected chi connectivity index (χ2v) is 19.0. The predicted octanol–water partition coefficient (Wildman–Crippen LogP) is 3.50. The van der Waals surface area contributed by atoms with Crippen LogP contribution in [-0.2, 0) is 39.2 Å². The van der Waals surface area contributed by atoms with Crippen LogP contribution in [0.15, 0.2) is 61.1 Å². The van der Waals surface area contributed by atoms with Gasteiger partial charge in [-0.25, -0.2) is 4.98 Å². The van der Waals surface area contributed by atoms with Gasteiger partial charge in [-0.15, -0.1) is 0 Å². The summed E-state index contributed by atoms with van der Waals surface area (Å²) in [6.07, 6.45) is 4.11. The average Bonchev–Trinajstić information content (AvgIpc) is 3.62. The van der Waals surface area contributed by atoms with Crippen molar-refractivity contribution in [1.82, 2.24) is 15.3 Å². The minimum Gasteiger partial charge on any atom is -0.509 e. The van der Waals surface area contributed by atoms with E-state index in [1.54, 1.807) is 0 Å². The summed E-state index contributed by atoms with van der Waals surface area (Å²) in [6, 6.07) is 12.8. The molecule has 2 unspecified atom stereocenters. The van der Waals surface area contributed by atoms with Gasteiger partial charge in [0.05, 0.1) is 51.5 Å². The lowest BCUT2D eigenvalue weighted by molar-refractivity contribution is -0.823. The fourth-order valence-corrected chi connectivity index (χ4v) is 11.0. The number of aromatic nitrogens is 2. The molecule has 3 heterocycles. The number of ketones is 1. The Morgan fingerprint density at radius 3 is 2.33 bits per heavy atom. The van der Waals surface area contributed by atoms with Crippen molar-refractivity contribution >= 4 is 50.1 Å². The first-order valence-electron chi connectivity index (χ1n) is 17.4. The Bertz CT molecular complexity index is 1820. The number of carbonyl (C=O) groups excluding carboxylic acids is 3. The van der Waals surface area contributed by atoms with Crippen LogP contribution in [0.2, 0.25) is 5.82 Å². The highest BCUT2D eigenvalue weighted by Gasteiger charge is 2.62. The van der Waals surface area contributed by atoms with Crippen molar-refractivity contribution in [2.24, 2.45) is 5.92 Å². The lowest BCUT2D eigenvalue weighted by atomic mass is 9.51. The highest BCUT2D eigenvalue weighted by molar-refractivity contribution is 7.73. The molecule has 4 N–H and O–H groups in total. The second-order valence-electron chi connectivity index (χ2n) is 14.3. The van der Waals surface area contributed by atoms with Crippen LogP contribution in [0.4, 0.5) is 0 Å². The van der Waals surface area contributed by atoms with Gasteiger partial charge >= 0.3 is 20.3 Å². The van der Waals surface area contributed by atoms with E-state index < -0.39 is 57.2 Å². The van der Waals surface area contributed by atoms with E-state index in [4.69, 9.17) is 14.0 Å². The number of carbonyl (C=O) groups is 3. The van der Waals surface area contributed by atoms with Crippen LogP contribution in [0.3, 0.4) is 0 Å². The first kappa shape index (κ1) is 39.9. The number of quaternary nitrogens is 1. The molecule has 2 aliphatic rings. The van der Waals surface area contributed by atoms with E-state index >= 15 is 0 Å². The molecule has 0 radical (unpaired) electrons. The van der Waals surface area contributed by atoms with E-state index in [-0.39, 0.29) is 47.8 Å². The Labute approximate surface area is 302 Å². The van der Waals surface area contributed by atoms with Gasteiger partial charge in [-0.2, -0.15) is 0 Å². The van der Waals surface area contributed by atoms with Gasteiger partial charge in [0, 0.05) is 25.5 Å². The number of fused-ring (bicyclic) bond motifs is 2. The number of nitrogens with one attached hydrogen (secondary N) is 1. The molecule has 0 saturated carbocycles. The summed E-state index contributed by atoms with van der Waals surface area (Å²) in [4.78, 5) is 77.7. The van der Waals surface area contributed by atoms with E-state index in [2.05, 4.69) is 15.3 Å². The standard InChI is InChI=1S/C34H47BN4O11P2/c1-24(2)19-27(35-39(14-17-49-35,15-18-50-35)13-16-48-32(41)22-33(51(3,43)44)52(45,46)47)21-31(40)29(38-34(42)30-23-36-11-12-37-30)20-26-9-6-8-25-7-4-5-10-28(25)26/h4-12,23-24,27,29,33H,13-22H2,1-3H3,(H,38,42)(H,43,44)(H2,45,46,47)/t27-,29+,33?,35?,39?/m1/s1. The molecular formula is C34H47BN4O11P2. The van der Waals surface area contributed by atoms with E-state index in [1.807, 2.05) is 56.3 Å². The van der Waals surface area contributed by atoms with Crippen LogP contribution in [0.25, 0.3) is 10.8 Å². The third-order valence-electron chi connectivity index (χ3n) is 10.3. The lowest BCUT2D eigenvalue weighted by Gasteiger charge is -2.51. The Balaban J connectivity index is 1.38. The maximum absolute atomic E-state index is 14.5. The van der Waals surface area contributed by atoms with Crippen LogP contribution in [-0.4, -0.2) is 111 Å². The van der Waals surface area contributed by atoms with Crippen molar-refractivity contribution in [2.45, 2.75) is 56.8 Å². The van der Waals surface area contributed by atoms with Crippen LogP contribution in [0.1, 0.15) is 49.2 Å². The van der Waals surface area contributed by atoms with Gasteiger partial charge in [0.15, 0.2) is 5.78 Å². The molecule has 2 aliphatic heterocycles. The molecule has 2 fully saturated rings. The highest BCUT2D eigenvalue weighted by Crippen LogP contribution is 2.61. The molecule has 4 atom stereocenters. The molecule has 0 bridgehead atoms. The molecule has 5 rings (SSSR count). The quantitative estimate of drug-likeness (QED) is 0.0883. The van der Waals surface area contributed by atoms with Gasteiger partial charge in [0.2, 0.25) is 7.37 Å². The van der Waals surface area contributed by atoms with E-state index in [0.717, 1.165) is 23.0 Å². The molecule has 2 aromatic carbocycles. The first-order valence-corrected chi connectivity index (χ1v) is 21.3. The molecule has 18 heteroatoms. The number of esters is 1. The van der Waals surface area contributed by atoms with Crippen molar-refractivity contribution < 1.29 is 56.6 Å². The number of hydrogen-bond acceptors (Lipinski definition) is 10. The Kier molecular flexibility index (Phi) is 12.5. The average molecular weight is 761 g/mol. The monoisotopic (exact) mass is 760 g/mol. The lowest BCUT2D eigenvalue weighted by Crippen LogP contribution is -2.66. The maximum atomic E-state index is 14.5. The van der Waals surface area contributed by atoms with Crippen LogP contribution >= 0.6 is 15.0 Å². The van der Waals surface area contributed by atoms with Gasteiger partial charge in [-0.05, 0) is 34.5 Å². The number of hydrogen-bond donors (Lipinski definition) is 4. The van der Waals surface area contributed by atoms with E-state index in [9.17, 15) is 38.2 Å². The van der Waals surface area contributed by atoms with Crippen molar-refractivity contribution in [3.05, 3.63) is 72.3 Å². The van der Waals surface area contributed by atoms with Gasteiger partial charge in [0.25, 0.3) is 5.91 Å². The zero-order chi connectivity index (χ0) is 37.7. The summed E-state index contributed by atoms with van der Waals surface area (Å²) < 4.78 is 42.6. The Morgan fingerprint density at radius 1 is 1.00 bits per heavy atom. The van der Waals surface area contributed by atoms with E-state index in [1.165, 1.54) is 18.6 Å². The highest BCUT2D eigenvalue weighted by atomic mass is 31.2. The number of amides is 1. The summed E-state index contributed by atoms with van der Waals surface area (Å²) in [5, 5.41) is 2.83. The first-order chi connectivity index (χ1) is 24.5. The molecule has 2 saturated heterocycles. The summed E-state index contributed by atoms with van der Waals surface area (Å²) in [7, 11) is -9.38. The number of rotatable bonds is 17. The topological polar surface area (TPSA) is 212 Å². The van der Waals surface area contributed by atoms with Crippen molar-refractivity contribution in [1.29, 1.82) is 0 Å². The third kappa shape index (κ3) is 9.06. The van der Waals surface area contributed by atoms with Gasteiger partial charge < -0.3 is 38.4 Å². The molecule has 282 valence electrons. The molecule has 3 aromatic rings. The molecule has 15 nitrogen and oxygen atoms in total. The molecule has 0 spiro atoms. The van der Waals surface area contributed by atoms with Crippen molar-refractivity contribution in [3.63, 3.8) is 0 Å². The SMILES string of the molecule is CC(C)C[C@H](CC(=O)[C@H](Cc1cccc2ccccc12)NC(=O)c1cnccn1)[B-]12OCC[N+]1(CCOC(=O)CC(P(C)(=O)O)P(=O)(O)O)CCO2. The molecule has 52 heavy (non-hydrogen) atoms. The van der Waals surface area contributed by atoms with Crippen molar-refractivity contribution in [3.8, 4) is 0 Å². The van der Waals surface area contributed by atoms with Gasteiger partial charge in [-0.1, -0.05) is 62.7 Å². The third-order valence-corrected chi connectivity index (χ3v) is 14.7. The number of nitrogens with zero attached hydrogens (tertiary/aromatic N) is 3. The molecule has 0 aliphatic carbocycles. The Morgan fingerprint density at radius 2 is 1.69 bits per heavy atom. The largest absolute Gasteiger partial charge is 0.509 e. The van der Waals surface area contributed by atoms with Crippen LogP contribution < -0.4 is 5.32 Å².